The molecule has 0 fully saturated rings. The van der Waals surface area contributed by atoms with Crippen LogP contribution in [0.5, 0.6) is 11.5 Å². The van der Waals surface area contributed by atoms with Gasteiger partial charge < -0.3 is 26.0 Å². The van der Waals surface area contributed by atoms with Gasteiger partial charge in [-0.3, -0.25) is 14.6 Å². The molecule has 4 N–H and O–H groups in total. The molecular weight excluding hydrogens is 514 g/mol. The minimum absolute atomic E-state index is 0.267. The van der Waals surface area contributed by atoms with Gasteiger partial charge in [0.2, 0.25) is 11.9 Å². The number of benzene rings is 2. The number of anilines is 5. The summed E-state index contributed by atoms with van der Waals surface area (Å²) in [6, 6.07) is 17.8. The summed E-state index contributed by atoms with van der Waals surface area (Å²) in [4.78, 5) is 37.5. The number of carbonyl (C=O) groups is 2. The predicted octanol–water partition coefficient (Wildman–Crippen LogP) is 5.32. The molecule has 0 saturated carbocycles. The molecule has 2 amide bonds. The predicted molar refractivity (Wildman–Crippen MR) is 157 cm³/mol. The Labute approximate surface area is 228 Å². The smallest absolute Gasteiger partial charge is 0.269 e. The van der Waals surface area contributed by atoms with Crippen molar-refractivity contribution in [3.05, 3.63) is 91.4 Å². The van der Waals surface area contributed by atoms with Crippen molar-refractivity contribution in [2.75, 3.05) is 29.3 Å². The van der Waals surface area contributed by atoms with Crippen LogP contribution >= 0.6 is 10.5 Å². The quantitative estimate of drug-likeness (QED) is 0.157. The number of hydrogen-bond donors (Lipinski definition) is 4. The molecule has 11 heteroatoms. The molecule has 0 saturated heterocycles. The van der Waals surface area contributed by atoms with Gasteiger partial charge in [-0.25, -0.2) is 4.98 Å². The van der Waals surface area contributed by atoms with Crippen LogP contribution in [-0.4, -0.2) is 45.9 Å². The highest BCUT2D eigenvalue weighted by Crippen LogP contribution is 2.32. The number of nitrogens with one attached hydrogen (secondary N) is 4. The lowest BCUT2D eigenvalue weighted by Gasteiger charge is -2.14. The molecule has 1 unspecified atom stereocenters. The minimum atomic E-state index is -0.357. The van der Waals surface area contributed by atoms with Gasteiger partial charge >= 0.3 is 0 Å². The summed E-state index contributed by atoms with van der Waals surface area (Å²) in [6.07, 6.45) is 6.45. The molecule has 10 nitrogen and oxygen atoms in total. The van der Waals surface area contributed by atoms with E-state index in [1.165, 1.54) is 12.3 Å². The summed E-state index contributed by atoms with van der Waals surface area (Å²) in [5, 5.41) is 11.8. The lowest BCUT2D eigenvalue weighted by Crippen LogP contribution is -2.18. The van der Waals surface area contributed by atoms with Gasteiger partial charge in [0.05, 0.1) is 4.90 Å². The van der Waals surface area contributed by atoms with Crippen LogP contribution in [0.2, 0.25) is 0 Å². The molecule has 2 heterocycles. The summed E-state index contributed by atoms with van der Waals surface area (Å²) < 4.78 is 5.86. The number of pyridine rings is 1. The molecule has 2 aromatic carbocycles. The van der Waals surface area contributed by atoms with Crippen LogP contribution in [-0.2, 0) is 4.79 Å². The Balaban J connectivity index is 1.49. The van der Waals surface area contributed by atoms with Crippen LogP contribution < -0.4 is 26.0 Å². The lowest BCUT2D eigenvalue weighted by atomic mass is 10.2. The van der Waals surface area contributed by atoms with Gasteiger partial charge in [0.1, 0.15) is 23.0 Å². The van der Waals surface area contributed by atoms with Crippen LogP contribution in [0.15, 0.2) is 90.6 Å². The van der Waals surface area contributed by atoms with Crippen LogP contribution in [0, 0.1) is 0 Å². The van der Waals surface area contributed by atoms with Gasteiger partial charge in [-0.1, -0.05) is 18.5 Å². The number of nitrogens with zero attached hydrogens (tertiary/aromatic N) is 3. The molecule has 0 aliphatic rings. The first-order valence-corrected chi connectivity index (χ1v) is 13.5. The number of hydrogen-bond acceptors (Lipinski definition) is 8. The number of aromatic nitrogens is 3. The Kier molecular flexibility index (Phi) is 8.64. The third-order valence-electron chi connectivity index (χ3n) is 5.25. The second-order valence-electron chi connectivity index (χ2n) is 8.15. The molecule has 0 bridgehead atoms. The second-order valence-corrected chi connectivity index (χ2v) is 9.86. The number of rotatable bonds is 10. The molecule has 1 atom stereocenters. The van der Waals surface area contributed by atoms with E-state index in [1.807, 2.05) is 30.5 Å². The SMILES string of the molecule is C=CC(=O)Nc1cccc(Nc2nc(Nc3ccc(Oc4ccnc(C(=O)NC)c4)cc3)ncc2S(=C)C)c1. The standard InChI is InChI=1S/C28H27N7O3S/c1-5-25(36)32-19-7-6-8-20(15-19)33-26-24(39(3)4)17-31-28(35-26)34-18-9-11-21(12-10-18)38-22-13-14-30-23(16-22)27(37)29-2/h5-17H,1,3H2,2,4H3,(H,29,37)(H,32,36)(H2,31,33,34,35). The summed E-state index contributed by atoms with van der Waals surface area (Å²) in [5.74, 6) is 5.63. The highest BCUT2D eigenvalue weighted by Gasteiger charge is 2.11. The first kappa shape index (κ1) is 27.0. The average molecular weight is 542 g/mol. The monoisotopic (exact) mass is 541 g/mol. The van der Waals surface area contributed by atoms with E-state index in [1.54, 1.807) is 49.6 Å². The molecule has 0 radical (unpaired) electrons. The Bertz CT molecular complexity index is 1540. The van der Waals surface area contributed by atoms with Crippen molar-refractivity contribution >= 4 is 57.0 Å². The van der Waals surface area contributed by atoms with E-state index < -0.39 is 0 Å². The third kappa shape index (κ3) is 7.27. The van der Waals surface area contributed by atoms with Crippen LogP contribution in [0.3, 0.4) is 0 Å². The highest BCUT2D eigenvalue weighted by atomic mass is 32.2. The topological polar surface area (TPSA) is 130 Å². The van der Waals surface area contributed by atoms with E-state index in [0.29, 0.717) is 29.0 Å². The van der Waals surface area contributed by atoms with Gasteiger partial charge in [-0.15, -0.1) is 0 Å². The molecule has 0 aliphatic heterocycles. The van der Waals surface area contributed by atoms with Gasteiger partial charge in [-0.05, 0) is 60.9 Å². The number of carbonyl (C=O) groups excluding carboxylic acids is 2. The molecule has 4 aromatic rings. The van der Waals surface area contributed by atoms with Crippen molar-refractivity contribution < 1.29 is 14.3 Å². The van der Waals surface area contributed by atoms with Crippen LogP contribution in [0.1, 0.15) is 10.5 Å². The molecule has 2 aromatic heterocycles. The fraction of sp³-hybridized carbons (Fsp3) is 0.0714. The van der Waals surface area contributed by atoms with Crippen LogP contribution in [0.4, 0.5) is 28.8 Å². The largest absolute Gasteiger partial charge is 0.457 e. The fourth-order valence-corrected chi connectivity index (χ4v) is 4.04. The second kappa shape index (κ2) is 12.5. The van der Waals surface area contributed by atoms with E-state index >= 15 is 0 Å². The normalized spacial score (nSPS) is 11.1. The zero-order valence-electron chi connectivity index (χ0n) is 21.4. The number of ether oxygens (including phenoxy) is 1. The Morgan fingerprint density at radius 2 is 1.72 bits per heavy atom. The molecular formula is C28H27N7O3S. The summed E-state index contributed by atoms with van der Waals surface area (Å²) in [7, 11) is 1.19. The van der Waals surface area contributed by atoms with Crippen molar-refractivity contribution in [1.82, 2.24) is 20.3 Å². The molecule has 198 valence electrons. The first-order chi connectivity index (χ1) is 18.8. The van der Waals surface area contributed by atoms with Crippen molar-refractivity contribution in [3.8, 4) is 11.5 Å². The van der Waals surface area contributed by atoms with Gasteiger partial charge in [0.25, 0.3) is 5.91 Å². The van der Waals surface area contributed by atoms with E-state index in [0.717, 1.165) is 16.3 Å². The van der Waals surface area contributed by atoms with Gasteiger partial charge in [0.15, 0.2) is 0 Å². The minimum Gasteiger partial charge on any atom is -0.457 e. The van der Waals surface area contributed by atoms with E-state index in [9.17, 15) is 9.59 Å². The maximum absolute atomic E-state index is 11.8. The molecule has 39 heavy (non-hydrogen) atoms. The number of amides is 2. The van der Waals surface area contributed by atoms with E-state index in [4.69, 9.17) is 4.74 Å². The fourth-order valence-electron chi connectivity index (χ4n) is 3.38. The highest BCUT2D eigenvalue weighted by molar-refractivity contribution is 8.13. The first-order valence-electron chi connectivity index (χ1n) is 11.7. The van der Waals surface area contributed by atoms with Crippen LogP contribution in [0.25, 0.3) is 0 Å². The van der Waals surface area contributed by atoms with Gasteiger partial charge in [-0.2, -0.15) is 15.5 Å². The zero-order valence-corrected chi connectivity index (χ0v) is 22.2. The maximum atomic E-state index is 11.8. The maximum Gasteiger partial charge on any atom is 0.269 e. The molecule has 0 aliphatic carbocycles. The van der Waals surface area contributed by atoms with E-state index in [-0.39, 0.29) is 28.0 Å². The van der Waals surface area contributed by atoms with E-state index in [2.05, 4.69) is 48.7 Å². The molecule has 4 rings (SSSR count). The van der Waals surface area contributed by atoms with Crippen molar-refractivity contribution in [1.29, 1.82) is 0 Å². The third-order valence-corrected chi connectivity index (χ3v) is 6.30. The summed E-state index contributed by atoms with van der Waals surface area (Å²) in [6.45, 7) is 3.48. The summed E-state index contributed by atoms with van der Waals surface area (Å²) >= 11 is 0. The summed E-state index contributed by atoms with van der Waals surface area (Å²) in [5.41, 5.74) is 2.39. The lowest BCUT2D eigenvalue weighted by molar-refractivity contribution is -0.111. The average Bonchev–Trinajstić information content (AvgIpc) is 2.94. The zero-order chi connectivity index (χ0) is 27.8. The van der Waals surface area contributed by atoms with Crippen molar-refractivity contribution in [3.63, 3.8) is 0 Å². The Hall–Kier alpha value is -5.03. The Morgan fingerprint density at radius 1 is 0.949 bits per heavy atom. The van der Waals surface area contributed by atoms with Gasteiger partial charge in [0, 0.05) is 42.6 Å². The van der Waals surface area contributed by atoms with Crippen molar-refractivity contribution in [2.24, 2.45) is 0 Å². The Morgan fingerprint density at radius 3 is 2.44 bits per heavy atom. The van der Waals surface area contributed by atoms with Crippen molar-refractivity contribution in [2.45, 2.75) is 4.90 Å². The molecule has 0 spiro atoms.